The highest BCUT2D eigenvalue weighted by atomic mass is 16.3. The van der Waals surface area contributed by atoms with Crippen LogP contribution in [0.3, 0.4) is 0 Å². The van der Waals surface area contributed by atoms with Crippen LogP contribution >= 0.6 is 0 Å². The van der Waals surface area contributed by atoms with Gasteiger partial charge in [-0.3, -0.25) is 4.79 Å². The fourth-order valence-electron chi connectivity index (χ4n) is 3.65. The average molecular weight is 362 g/mol. The molecule has 140 valence electrons. The molecule has 2 aromatic rings. The van der Waals surface area contributed by atoms with Gasteiger partial charge in [-0.15, -0.1) is 0 Å². The first-order valence-corrected chi connectivity index (χ1v) is 9.52. The van der Waals surface area contributed by atoms with E-state index in [1.54, 1.807) is 12.3 Å². The minimum absolute atomic E-state index is 0.00891. The molecule has 4 heteroatoms. The van der Waals surface area contributed by atoms with Crippen molar-refractivity contribution in [2.45, 2.75) is 44.9 Å². The lowest BCUT2D eigenvalue weighted by atomic mass is 9.84. The van der Waals surface area contributed by atoms with Crippen LogP contribution in [-0.2, 0) is 0 Å². The number of amides is 1. The van der Waals surface area contributed by atoms with Crippen LogP contribution in [0.4, 0.5) is 5.69 Å². The summed E-state index contributed by atoms with van der Waals surface area (Å²) in [6.07, 6.45) is 11.5. The molecule has 1 aromatic carbocycles. The normalized spacial score (nSPS) is 15.4. The number of aromatic nitrogens is 1. The quantitative estimate of drug-likeness (QED) is 0.673. The maximum atomic E-state index is 12.5. The molecule has 1 aromatic heterocycles. The SMILES string of the molecule is C=C/C(=C\C)c1cnc(C(=O)Nc2ccc(C3CCCCC3)cc2)c(O)c1. The number of hydrogen-bond acceptors (Lipinski definition) is 3. The van der Waals surface area contributed by atoms with Crippen molar-refractivity contribution in [3.63, 3.8) is 0 Å². The third kappa shape index (κ3) is 4.45. The molecule has 4 nitrogen and oxygen atoms in total. The van der Waals surface area contributed by atoms with E-state index in [1.165, 1.54) is 43.7 Å². The molecule has 0 saturated heterocycles. The Morgan fingerprint density at radius 2 is 1.93 bits per heavy atom. The first-order valence-electron chi connectivity index (χ1n) is 9.52. The van der Waals surface area contributed by atoms with Crippen molar-refractivity contribution in [1.29, 1.82) is 0 Å². The summed E-state index contributed by atoms with van der Waals surface area (Å²) in [7, 11) is 0. The Bertz CT molecular complexity index is 847. The molecule has 2 N–H and O–H groups in total. The largest absolute Gasteiger partial charge is 0.505 e. The molecular weight excluding hydrogens is 336 g/mol. The highest BCUT2D eigenvalue weighted by Gasteiger charge is 2.17. The number of hydrogen-bond donors (Lipinski definition) is 2. The van der Waals surface area contributed by atoms with Crippen LogP contribution in [0, 0.1) is 0 Å². The number of allylic oxidation sites excluding steroid dienone is 3. The van der Waals surface area contributed by atoms with Crippen LogP contribution < -0.4 is 5.32 Å². The second-order valence-electron chi connectivity index (χ2n) is 6.95. The van der Waals surface area contributed by atoms with E-state index in [-0.39, 0.29) is 11.4 Å². The van der Waals surface area contributed by atoms with Gasteiger partial charge in [0.15, 0.2) is 5.69 Å². The Balaban J connectivity index is 1.70. The first-order chi connectivity index (χ1) is 13.1. The van der Waals surface area contributed by atoms with Crippen LogP contribution in [0.15, 0.2) is 55.3 Å². The Labute approximate surface area is 160 Å². The molecule has 0 radical (unpaired) electrons. The topological polar surface area (TPSA) is 62.2 Å². The molecule has 0 atom stereocenters. The van der Waals surface area contributed by atoms with Crippen molar-refractivity contribution in [2.24, 2.45) is 0 Å². The Hall–Kier alpha value is -2.88. The lowest BCUT2D eigenvalue weighted by Gasteiger charge is -2.22. The number of carbonyl (C=O) groups excluding carboxylic acids is 1. The van der Waals surface area contributed by atoms with Gasteiger partial charge >= 0.3 is 0 Å². The smallest absolute Gasteiger partial charge is 0.278 e. The van der Waals surface area contributed by atoms with E-state index in [2.05, 4.69) is 29.0 Å². The van der Waals surface area contributed by atoms with Gasteiger partial charge in [0.1, 0.15) is 5.75 Å². The van der Waals surface area contributed by atoms with Gasteiger partial charge in [-0.2, -0.15) is 0 Å². The molecule has 1 aliphatic rings. The standard InChI is InChI=1S/C23H26N2O2/c1-3-16(4-2)19-14-21(26)22(24-15-19)23(27)25-20-12-10-18(11-13-20)17-8-6-5-7-9-17/h3-4,10-15,17,26H,1,5-9H2,2H3,(H,25,27)/b16-4+. The summed E-state index contributed by atoms with van der Waals surface area (Å²) in [6, 6.07) is 9.55. The Morgan fingerprint density at radius 1 is 1.22 bits per heavy atom. The lowest BCUT2D eigenvalue weighted by molar-refractivity contribution is 0.101. The zero-order valence-corrected chi connectivity index (χ0v) is 15.7. The van der Waals surface area contributed by atoms with E-state index in [4.69, 9.17) is 0 Å². The molecule has 1 aliphatic carbocycles. The summed E-state index contributed by atoms with van der Waals surface area (Å²) in [5, 5.41) is 13.0. The van der Waals surface area contributed by atoms with Crippen LogP contribution in [0.25, 0.3) is 5.57 Å². The van der Waals surface area contributed by atoms with Gasteiger partial charge in [-0.1, -0.05) is 50.1 Å². The van der Waals surface area contributed by atoms with E-state index < -0.39 is 5.91 Å². The molecule has 0 unspecified atom stereocenters. The van der Waals surface area contributed by atoms with Gasteiger partial charge in [-0.05, 0) is 55.0 Å². The Morgan fingerprint density at radius 3 is 2.52 bits per heavy atom. The zero-order valence-electron chi connectivity index (χ0n) is 15.7. The molecule has 0 bridgehead atoms. The Kier molecular flexibility index (Phi) is 6.07. The summed E-state index contributed by atoms with van der Waals surface area (Å²) in [5.74, 6) is 0.0579. The fraction of sp³-hybridized carbons (Fsp3) is 0.304. The second-order valence-corrected chi connectivity index (χ2v) is 6.95. The van der Waals surface area contributed by atoms with Gasteiger partial charge in [0, 0.05) is 17.4 Å². The fourth-order valence-corrected chi connectivity index (χ4v) is 3.65. The first kappa shape index (κ1) is 18.9. The zero-order chi connectivity index (χ0) is 19.2. The van der Waals surface area contributed by atoms with E-state index >= 15 is 0 Å². The van der Waals surface area contributed by atoms with Crippen molar-refractivity contribution < 1.29 is 9.90 Å². The summed E-state index contributed by atoms with van der Waals surface area (Å²) in [5.41, 5.74) is 3.61. The number of rotatable bonds is 5. The van der Waals surface area contributed by atoms with E-state index in [9.17, 15) is 9.90 Å². The van der Waals surface area contributed by atoms with E-state index in [0.29, 0.717) is 11.6 Å². The molecule has 27 heavy (non-hydrogen) atoms. The molecule has 0 aliphatic heterocycles. The molecule has 0 spiro atoms. The van der Waals surface area contributed by atoms with Crippen LogP contribution in [0.1, 0.15) is 66.6 Å². The number of aromatic hydroxyl groups is 1. The number of anilines is 1. The van der Waals surface area contributed by atoms with Gasteiger partial charge in [0.25, 0.3) is 5.91 Å². The molecular formula is C23H26N2O2. The van der Waals surface area contributed by atoms with Crippen LogP contribution in [0.5, 0.6) is 5.75 Å². The molecule has 1 fully saturated rings. The summed E-state index contributed by atoms with van der Waals surface area (Å²) in [6.45, 7) is 5.62. The number of benzene rings is 1. The maximum absolute atomic E-state index is 12.5. The molecule has 1 amide bonds. The minimum atomic E-state index is -0.426. The van der Waals surface area contributed by atoms with Crippen molar-refractivity contribution in [2.75, 3.05) is 5.32 Å². The summed E-state index contributed by atoms with van der Waals surface area (Å²) >= 11 is 0. The number of carbonyl (C=O) groups is 1. The predicted octanol–water partition coefficient (Wildman–Crippen LogP) is 5.68. The van der Waals surface area contributed by atoms with E-state index in [0.717, 1.165) is 11.1 Å². The lowest BCUT2D eigenvalue weighted by Crippen LogP contribution is -2.14. The summed E-state index contributed by atoms with van der Waals surface area (Å²) in [4.78, 5) is 16.6. The van der Waals surface area contributed by atoms with Gasteiger partial charge < -0.3 is 10.4 Å². The van der Waals surface area contributed by atoms with Crippen molar-refractivity contribution >= 4 is 17.2 Å². The number of pyridine rings is 1. The third-order valence-corrected chi connectivity index (χ3v) is 5.19. The van der Waals surface area contributed by atoms with Crippen molar-refractivity contribution in [3.05, 3.63) is 72.1 Å². The van der Waals surface area contributed by atoms with Gasteiger partial charge in [0.05, 0.1) is 0 Å². The van der Waals surface area contributed by atoms with E-state index in [1.807, 2.05) is 25.1 Å². The molecule has 1 heterocycles. The average Bonchev–Trinajstić information content (AvgIpc) is 2.70. The third-order valence-electron chi connectivity index (χ3n) is 5.19. The highest BCUT2D eigenvalue weighted by molar-refractivity contribution is 6.04. The predicted molar refractivity (Wildman–Crippen MR) is 110 cm³/mol. The summed E-state index contributed by atoms with van der Waals surface area (Å²) < 4.78 is 0. The van der Waals surface area contributed by atoms with Crippen molar-refractivity contribution in [3.8, 4) is 5.75 Å². The highest BCUT2D eigenvalue weighted by Crippen LogP contribution is 2.33. The van der Waals surface area contributed by atoms with Crippen LogP contribution in [0.2, 0.25) is 0 Å². The molecule has 1 saturated carbocycles. The maximum Gasteiger partial charge on any atom is 0.278 e. The monoisotopic (exact) mass is 362 g/mol. The minimum Gasteiger partial charge on any atom is -0.505 e. The van der Waals surface area contributed by atoms with Crippen molar-refractivity contribution in [1.82, 2.24) is 4.98 Å². The van der Waals surface area contributed by atoms with Crippen LogP contribution in [-0.4, -0.2) is 16.0 Å². The number of nitrogens with zero attached hydrogens (tertiary/aromatic N) is 1. The number of nitrogens with one attached hydrogen (secondary N) is 1. The van der Waals surface area contributed by atoms with Gasteiger partial charge in [-0.25, -0.2) is 4.98 Å². The van der Waals surface area contributed by atoms with Gasteiger partial charge in [0.2, 0.25) is 0 Å². The second kappa shape index (κ2) is 8.67. The molecule has 3 rings (SSSR count).